The molecule has 0 N–H and O–H groups in total. The third kappa shape index (κ3) is 380. The molecular formula is Ba52O5+94. The summed E-state index contributed by atoms with van der Waals surface area (Å²) in [5.74, 6) is 0. The molecule has 0 aromatic carbocycles. The second-order valence-corrected chi connectivity index (χ2v) is 0. The smallest absolute Gasteiger partial charge is 2.00 e. The molecule has 0 unspecified atom stereocenters. The van der Waals surface area contributed by atoms with Crippen molar-refractivity contribution in [2.75, 3.05) is 0 Å². The maximum Gasteiger partial charge on any atom is 2.00 e. The van der Waals surface area contributed by atoms with E-state index in [1.165, 1.54) is 0 Å². The van der Waals surface area contributed by atoms with E-state index in [4.69, 9.17) is 0 Å². The summed E-state index contributed by atoms with van der Waals surface area (Å²) in [6, 6.07) is 0. The zero-order valence-electron chi connectivity index (χ0n) is 38.8. The van der Waals surface area contributed by atoms with Crippen LogP contribution in [0.15, 0.2) is 0 Å². The monoisotopic (exact) mass is 7250 g/mol. The second kappa shape index (κ2) is 386. The minimum absolute atomic E-state index is 0. The first-order valence-electron chi connectivity index (χ1n) is 0. The Balaban J connectivity index is 0. The summed E-state index contributed by atoms with van der Waals surface area (Å²) in [6.07, 6.45) is 0. The van der Waals surface area contributed by atoms with Gasteiger partial charge in [0.25, 0.3) is 0 Å². The van der Waals surface area contributed by atoms with Crippen LogP contribution in [0.4, 0.5) is 0 Å². The zero-order valence-corrected chi connectivity index (χ0v) is 270. The first-order valence-corrected chi connectivity index (χ1v) is 0. The molecule has 57 heteroatoms. The van der Waals surface area contributed by atoms with Crippen LogP contribution in [0.1, 0.15) is 0 Å². The summed E-state index contributed by atoms with van der Waals surface area (Å²) in [6.45, 7) is 0. The molecule has 0 amide bonds. The van der Waals surface area contributed by atoms with Gasteiger partial charge < -0.3 is 27.4 Å². The van der Waals surface area contributed by atoms with Crippen molar-refractivity contribution in [3.8, 4) is 0 Å². The number of hydrogen-bond acceptors (Lipinski definition) is 0. The van der Waals surface area contributed by atoms with Crippen molar-refractivity contribution in [2.45, 2.75) is 0 Å². The van der Waals surface area contributed by atoms with Crippen LogP contribution in [0, 0.1) is 0 Å². The van der Waals surface area contributed by atoms with Gasteiger partial charge in [0, 0.05) is 0 Å². The molecule has 0 heterocycles. The van der Waals surface area contributed by atoms with Crippen LogP contribution in [0.3, 0.4) is 0 Å². The normalized spacial score (nSPS) is 0. The fourth-order valence-corrected chi connectivity index (χ4v) is 0. The van der Waals surface area contributed by atoms with Gasteiger partial charge in [0.15, 0.2) is 0 Å². The van der Waals surface area contributed by atoms with Crippen LogP contribution < -0.4 is 0 Å². The van der Waals surface area contributed by atoms with E-state index in [-0.39, 0.29) is 2570 Å². The SMILES string of the molecule is [Ba+2].[Ba+2].[Ba+2].[Ba+2].[Ba+2].[Ba+2].[Ba+2].[Ba+2].[Ba+2].[Ba+2].[Ba+2].[Ba+2].[Ba+2].[Ba+2].[Ba+2].[Ba+2].[Ba+2].[Ba+2].[Ba+2].[Ba+2].[Ba+2].[Ba+2].[Ba+2].[Ba+2].[Ba+2].[Ba+2].[Ba+2].[Ba+2].[Ba+2].[Ba+2].[Ba+2].[Ba+2].[Ba+2].[Ba+2].[Ba+2].[Ba+2].[Ba+2].[Ba+2].[Ba+2].[Ba+2].[Ba+2].[Ba+2].[Ba+2].[Ba+2].[Ba+2].[Ba+2].[Ba+2].[Ba+2].[Ba+2].[Ba+2].[Ba+2].[Ba+2].[O-2].[O-2].[O-2].[O-2].[O-2]. The maximum atomic E-state index is 0. The number of rotatable bonds is 0. The Kier molecular flexibility index (Phi) is 2670. The average molecular weight is 7220 g/mol. The molecule has 0 rings (SSSR count). The summed E-state index contributed by atoms with van der Waals surface area (Å²) in [5, 5.41) is 0. The van der Waals surface area contributed by atoms with Gasteiger partial charge in [-0.2, -0.15) is 0 Å². The third-order valence-electron chi connectivity index (χ3n) is 0. The van der Waals surface area contributed by atoms with Crippen molar-refractivity contribution in [1.29, 1.82) is 0 Å². The van der Waals surface area contributed by atoms with Crippen molar-refractivity contribution >= 4 is 2540 Å². The molecule has 0 aromatic rings. The van der Waals surface area contributed by atoms with E-state index in [1.807, 2.05) is 0 Å². The first-order chi connectivity index (χ1) is 0. The molecule has 0 aliphatic carbocycles. The molecule has 40 valence electrons. The van der Waals surface area contributed by atoms with E-state index in [9.17, 15) is 0 Å². The van der Waals surface area contributed by atoms with Crippen molar-refractivity contribution in [3.63, 3.8) is 0 Å². The second-order valence-electron chi connectivity index (χ2n) is 0. The van der Waals surface area contributed by atoms with Gasteiger partial charge in [-0.3, -0.25) is 0 Å². The molecule has 0 aromatic heterocycles. The van der Waals surface area contributed by atoms with Crippen LogP contribution in [0.25, 0.3) is 0 Å². The molecule has 0 saturated carbocycles. The topological polar surface area (TPSA) is 142 Å². The standard InChI is InChI=1S/52Ba.5O/q52*+2;5*-2. The van der Waals surface area contributed by atoms with Crippen molar-refractivity contribution in [1.82, 2.24) is 0 Å². The van der Waals surface area contributed by atoms with Gasteiger partial charge in [0.1, 0.15) is 0 Å². The summed E-state index contributed by atoms with van der Waals surface area (Å²) in [5.41, 5.74) is 0. The van der Waals surface area contributed by atoms with Crippen molar-refractivity contribution < 1.29 is 27.4 Å². The summed E-state index contributed by atoms with van der Waals surface area (Å²) < 4.78 is 0. The summed E-state index contributed by atoms with van der Waals surface area (Å²) >= 11 is 0. The molecule has 57 heavy (non-hydrogen) atoms. The molecular weight excluding hydrogens is 7220 g/mol. The first kappa shape index (κ1) is 394. The van der Waals surface area contributed by atoms with Crippen LogP contribution in [0.5, 0.6) is 0 Å². The Morgan fingerprint density at radius 3 is 0.0351 bits per heavy atom. The quantitative estimate of drug-likeness (QED) is 0.213. The predicted octanol–water partition coefficient (Wildman–Crippen LogP) is -20.4. The average Bonchev–Trinajstić information content (AvgIpc) is 0. The predicted molar refractivity (Wildman–Crippen MR) is 303 cm³/mol. The molecule has 0 atom stereocenters. The molecule has 0 aliphatic heterocycles. The van der Waals surface area contributed by atoms with Crippen molar-refractivity contribution in [2.24, 2.45) is 0 Å². The van der Waals surface area contributed by atoms with Gasteiger partial charge in [-0.15, -0.1) is 0 Å². The molecule has 5 nitrogen and oxygen atoms in total. The van der Waals surface area contributed by atoms with Crippen LogP contribution >= 0.6 is 0 Å². The molecule has 0 fully saturated rings. The van der Waals surface area contributed by atoms with E-state index in [0.29, 0.717) is 0 Å². The van der Waals surface area contributed by atoms with Gasteiger partial charge in [0.05, 0.1) is 0 Å². The van der Waals surface area contributed by atoms with E-state index in [0.717, 1.165) is 0 Å². The van der Waals surface area contributed by atoms with Crippen molar-refractivity contribution in [3.05, 3.63) is 0 Å². The van der Waals surface area contributed by atoms with Gasteiger partial charge in [-0.1, -0.05) is 0 Å². The fourth-order valence-electron chi connectivity index (χ4n) is 0. The van der Waals surface area contributed by atoms with Gasteiger partial charge in [-0.25, -0.2) is 0 Å². The van der Waals surface area contributed by atoms with E-state index >= 15 is 0 Å². The minimum atomic E-state index is 0. The van der Waals surface area contributed by atoms with E-state index < -0.39 is 0 Å². The molecule has 0 aliphatic rings. The minimum Gasteiger partial charge on any atom is -2.00 e. The third-order valence-corrected chi connectivity index (χ3v) is 0. The molecule has 0 bridgehead atoms. The van der Waals surface area contributed by atoms with Gasteiger partial charge >= 0.3 is 2540 Å². The molecule has 0 saturated heterocycles. The number of hydrogen-bond donors (Lipinski definition) is 0. The Hall–Kier alpha value is 81.5. The molecule has 0 radical (unpaired) electrons. The van der Waals surface area contributed by atoms with Crippen LogP contribution in [-0.2, 0) is 27.4 Å². The Labute approximate surface area is 2450 Å². The Bertz CT molecular complexity index is 24.4. The largest absolute Gasteiger partial charge is 2.00 e. The van der Waals surface area contributed by atoms with E-state index in [2.05, 4.69) is 0 Å². The fraction of sp³-hybridized carbons (Fsp3) is 0. The maximum absolute atomic E-state index is 0. The molecule has 0 spiro atoms. The summed E-state index contributed by atoms with van der Waals surface area (Å²) in [7, 11) is 0. The summed E-state index contributed by atoms with van der Waals surface area (Å²) in [4.78, 5) is 0. The van der Waals surface area contributed by atoms with E-state index in [1.54, 1.807) is 0 Å². The zero-order chi connectivity index (χ0) is 0. The Morgan fingerprint density at radius 2 is 0.0351 bits per heavy atom. The van der Waals surface area contributed by atoms with Crippen LogP contribution in [0.2, 0.25) is 0 Å². The van der Waals surface area contributed by atoms with Gasteiger partial charge in [-0.05, 0) is 0 Å². The van der Waals surface area contributed by atoms with Crippen LogP contribution in [-0.4, -0.2) is 2540 Å². The Morgan fingerprint density at radius 1 is 0.0351 bits per heavy atom. The van der Waals surface area contributed by atoms with Gasteiger partial charge in [0.2, 0.25) is 0 Å².